The second-order valence-corrected chi connectivity index (χ2v) is 9.16. The van der Waals surface area contributed by atoms with E-state index >= 15 is 0 Å². The molecule has 0 N–H and O–H groups in total. The van der Waals surface area contributed by atoms with E-state index in [4.69, 9.17) is 4.74 Å². The van der Waals surface area contributed by atoms with E-state index < -0.39 is 12.0 Å². The van der Waals surface area contributed by atoms with Crippen molar-refractivity contribution in [2.24, 2.45) is 5.92 Å². The number of hydrogen-bond donors (Lipinski definition) is 0. The summed E-state index contributed by atoms with van der Waals surface area (Å²) in [6.07, 6.45) is -1.84. The van der Waals surface area contributed by atoms with E-state index in [0.717, 1.165) is 11.1 Å². The molecule has 7 heteroatoms. The molecule has 1 aliphatic heterocycles. The first-order chi connectivity index (χ1) is 15.5. The van der Waals surface area contributed by atoms with Crippen LogP contribution in [0.2, 0.25) is 0 Å². The van der Waals surface area contributed by atoms with Crippen LogP contribution in [0.15, 0.2) is 48.5 Å². The predicted molar refractivity (Wildman–Crippen MR) is 116 cm³/mol. The maximum Gasteiger partial charge on any atom is 0.573 e. The molecule has 176 valence electrons. The fourth-order valence-electron chi connectivity index (χ4n) is 5.11. The molecule has 0 amide bonds. The van der Waals surface area contributed by atoms with Crippen molar-refractivity contribution in [1.82, 2.24) is 0 Å². The number of alkyl halides is 3. The monoisotopic (exact) mass is 462 g/mol. The number of Topliss-reactive ketones (excluding diaryl/α,β-unsaturated/α-hetero) is 1. The van der Waals surface area contributed by atoms with Crippen LogP contribution >= 0.6 is 0 Å². The van der Waals surface area contributed by atoms with Gasteiger partial charge in [-0.05, 0) is 72.7 Å². The van der Waals surface area contributed by atoms with Gasteiger partial charge in [0.15, 0.2) is 0 Å². The SMILES string of the molecule is CC(=O)[C@H]1CC[C@@]2(C=C(c3cc(C(C)C)ccc3OC(F)(F)F)CO2)C1c1ccc(F)cc1. The zero-order valence-corrected chi connectivity index (χ0v) is 18.7. The maximum absolute atomic E-state index is 13.5. The number of benzene rings is 2. The maximum atomic E-state index is 13.5. The smallest absolute Gasteiger partial charge is 0.405 e. The van der Waals surface area contributed by atoms with Crippen LogP contribution < -0.4 is 4.74 Å². The van der Waals surface area contributed by atoms with E-state index in [1.165, 1.54) is 25.1 Å². The van der Waals surface area contributed by atoms with Crippen LogP contribution in [0, 0.1) is 11.7 Å². The lowest BCUT2D eigenvalue weighted by Crippen LogP contribution is -2.34. The Balaban J connectivity index is 1.79. The summed E-state index contributed by atoms with van der Waals surface area (Å²) >= 11 is 0. The summed E-state index contributed by atoms with van der Waals surface area (Å²) in [7, 11) is 0. The Morgan fingerprint density at radius 2 is 1.85 bits per heavy atom. The van der Waals surface area contributed by atoms with Crippen LogP contribution in [-0.2, 0) is 9.53 Å². The molecule has 1 unspecified atom stereocenters. The van der Waals surface area contributed by atoms with Gasteiger partial charge >= 0.3 is 6.36 Å². The minimum atomic E-state index is -4.82. The van der Waals surface area contributed by atoms with Crippen molar-refractivity contribution in [2.45, 2.75) is 57.4 Å². The van der Waals surface area contributed by atoms with Gasteiger partial charge in [0, 0.05) is 17.4 Å². The van der Waals surface area contributed by atoms with E-state index in [-0.39, 0.29) is 41.7 Å². The molecule has 2 aromatic carbocycles. The van der Waals surface area contributed by atoms with Crippen molar-refractivity contribution >= 4 is 11.4 Å². The van der Waals surface area contributed by atoms with Crippen molar-refractivity contribution < 1.29 is 31.8 Å². The molecule has 0 bridgehead atoms. The van der Waals surface area contributed by atoms with Crippen LogP contribution in [-0.4, -0.2) is 24.4 Å². The number of carbonyl (C=O) groups is 1. The van der Waals surface area contributed by atoms with Gasteiger partial charge in [0.1, 0.15) is 17.3 Å². The third-order valence-corrected chi connectivity index (χ3v) is 6.68. The average Bonchev–Trinajstić information content (AvgIpc) is 3.32. The lowest BCUT2D eigenvalue weighted by atomic mass is 9.78. The molecule has 0 saturated heterocycles. The summed E-state index contributed by atoms with van der Waals surface area (Å²) in [4.78, 5) is 12.4. The van der Waals surface area contributed by atoms with Crippen molar-refractivity contribution in [1.29, 1.82) is 0 Å². The van der Waals surface area contributed by atoms with Crippen LogP contribution in [0.25, 0.3) is 5.57 Å². The molecule has 2 aliphatic rings. The Bertz CT molecular complexity index is 1070. The van der Waals surface area contributed by atoms with Crippen LogP contribution in [0.5, 0.6) is 5.75 Å². The highest BCUT2D eigenvalue weighted by molar-refractivity contribution is 5.81. The number of hydrogen-bond acceptors (Lipinski definition) is 3. The molecule has 3 atom stereocenters. The highest BCUT2D eigenvalue weighted by Gasteiger charge is 2.52. The third kappa shape index (κ3) is 4.69. The Hall–Kier alpha value is -2.67. The number of ketones is 1. The number of carbonyl (C=O) groups excluding carboxylic acids is 1. The van der Waals surface area contributed by atoms with Gasteiger partial charge in [-0.3, -0.25) is 4.79 Å². The molecular weight excluding hydrogens is 436 g/mol. The van der Waals surface area contributed by atoms with Crippen molar-refractivity contribution in [2.75, 3.05) is 6.61 Å². The quantitative estimate of drug-likeness (QED) is 0.460. The molecule has 1 spiro atoms. The van der Waals surface area contributed by atoms with E-state index in [1.54, 1.807) is 24.3 Å². The van der Waals surface area contributed by atoms with Gasteiger partial charge in [0.05, 0.1) is 12.2 Å². The summed E-state index contributed by atoms with van der Waals surface area (Å²) in [5, 5.41) is 0. The van der Waals surface area contributed by atoms with Gasteiger partial charge in [-0.2, -0.15) is 0 Å². The summed E-state index contributed by atoms with van der Waals surface area (Å²) < 4.78 is 63.4. The first kappa shape index (κ1) is 23.5. The van der Waals surface area contributed by atoms with E-state index in [1.807, 2.05) is 19.9 Å². The Morgan fingerprint density at radius 1 is 1.15 bits per heavy atom. The second kappa shape index (κ2) is 8.60. The van der Waals surface area contributed by atoms with Crippen molar-refractivity contribution in [3.8, 4) is 5.75 Å². The molecule has 1 aliphatic carbocycles. The standard InChI is InChI=1S/C26H26F4O3/c1-15(2)18-6-9-23(33-26(28,29)30)22(12-18)19-13-25(32-14-19)11-10-21(16(3)31)24(25)17-4-7-20(27)8-5-17/h4-9,12-13,15,21,24H,10-11,14H2,1-3H3/t21-,24?,25-/m1/s1. The van der Waals surface area contributed by atoms with E-state index in [2.05, 4.69) is 4.74 Å². The minimum Gasteiger partial charge on any atom is -0.405 e. The number of rotatable bonds is 5. The molecule has 1 saturated carbocycles. The molecular formula is C26H26F4O3. The molecule has 0 radical (unpaired) electrons. The first-order valence-electron chi connectivity index (χ1n) is 11.0. The van der Waals surface area contributed by atoms with Gasteiger partial charge < -0.3 is 9.47 Å². The predicted octanol–water partition coefficient (Wildman–Crippen LogP) is 6.78. The zero-order chi connectivity index (χ0) is 24.0. The number of halogens is 4. The number of ether oxygens (including phenoxy) is 2. The normalized spacial score (nSPS) is 25.0. The van der Waals surface area contributed by atoms with E-state index in [9.17, 15) is 22.4 Å². The second-order valence-electron chi connectivity index (χ2n) is 9.16. The van der Waals surface area contributed by atoms with E-state index in [0.29, 0.717) is 24.0 Å². The average molecular weight is 462 g/mol. The molecule has 2 aromatic rings. The Morgan fingerprint density at radius 3 is 2.45 bits per heavy atom. The Labute approximate surface area is 190 Å². The third-order valence-electron chi connectivity index (χ3n) is 6.68. The molecule has 33 heavy (non-hydrogen) atoms. The van der Waals surface area contributed by atoms with Gasteiger partial charge in [-0.25, -0.2) is 4.39 Å². The molecule has 1 fully saturated rings. The summed E-state index contributed by atoms with van der Waals surface area (Å²) in [5.41, 5.74) is 1.72. The molecule has 3 nitrogen and oxygen atoms in total. The van der Waals surface area contributed by atoms with Crippen LogP contribution in [0.3, 0.4) is 0 Å². The topological polar surface area (TPSA) is 35.5 Å². The van der Waals surface area contributed by atoms with Crippen molar-refractivity contribution in [3.63, 3.8) is 0 Å². The summed E-state index contributed by atoms with van der Waals surface area (Å²) in [5.74, 6) is -1.21. The first-order valence-corrected chi connectivity index (χ1v) is 11.0. The van der Waals surface area contributed by atoms with Gasteiger partial charge in [-0.1, -0.05) is 32.0 Å². The molecule has 4 rings (SSSR count). The lowest BCUT2D eigenvalue weighted by Gasteiger charge is -2.32. The van der Waals surface area contributed by atoms with Crippen LogP contribution in [0.4, 0.5) is 17.6 Å². The molecule has 1 heterocycles. The fourth-order valence-corrected chi connectivity index (χ4v) is 5.11. The fraction of sp³-hybridized carbons (Fsp3) is 0.423. The highest BCUT2D eigenvalue weighted by Crippen LogP contribution is 2.54. The minimum absolute atomic E-state index is 0.00884. The van der Waals surface area contributed by atoms with Crippen LogP contribution in [0.1, 0.15) is 62.1 Å². The molecule has 0 aromatic heterocycles. The highest BCUT2D eigenvalue weighted by atomic mass is 19.4. The van der Waals surface area contributed by atoms with Gasteiger partial charge in [-0.15, -0.1) is 13.2 Å². The summed E-state index contributed by atoms with van der Waals surface area (Å²) in [6, 6.07) is 10.7. The largest absolute Gasteiger partial charge is 0.573 e. The zero-order valence-electron chi connectivity index (χ0n) is 18.7. The van der Waals surface area contributed by atoms with Crippen molar-refractivity contribution in [3.05, 3.63) is 71.0 Å². The van der Waals surface area contributed by atoms with Gasteiger partial charge in [0.25, 0.3) is 0 Å². The lowest BCUT2D eigenvalue weighted by molar-refractivity contribution is -0.274. The Kier molecular flexibility index (Phi) is 6.12. The summed E-state index contributed by atoms with van der Waals surface area (Å²) in [6.45, 7) is 5.55. The van der Waals surface area contributed by atoms with Gasteiger partial charge in [0.2, 0.25) is 0 Å².